The molecule has 0 atom stereocenters. The van der Waals surface area contributed by atoms with Crippen LogP contribution in [0, 0.1) is 22.7 Å². The lowest BCUT2D eigenvalue weighted by atomic mass is 10.1. The Morgan fingerprint density at radius 1 is 1.11 bits per heavy atom. The number of anilines is 1. The molecular formula is C21H20N4O3. The Bertz CT molecular complexity index is 955. The van der Waals surface area contributed by atoms with Crippen LogP contribution in [-0.4, -0.2) is 26.7 Å². The summed E-state index contributed by atoms with van der Waals surface area (Å²) in [5, 5.41) is 23.8. The van der Waals surface area contributed by atoms with Crippen molar-refractivity contribution in [1.82, 2.24) is 5.32 Å². The quantitative estimate of drug-likeness (QED) is 0.417. The van der Waals surface area contributed by atoms with Crippen molar-refractivity contribution in [2.24, 2.45) is 0 Å². The van der Waals surface area contributed by atoms with Gasteiger partial charge in [0.05, 0.1) is 25.5 Å². The number of benzene rings is 2. The average molecular weight is 376 g/mol. The number of hydrogen-bond donors (Lipinski definition) is 2. The number of carbonyl (C=O) groups is 1. The van der Waals surface area contributed by atoms with E-state index >= 15 is 0 Å². The van der Waals surface area contributed by atoms with E-state index in [2.05, 4.69) is 10.6 Å². The minimum atomic E-state index is -0.580. The van der Waals surface area contributed by atoms with Gasteiger partial charge in [0.2, 0.25) is 0 Å². The summed E-state index contributed by atoms with van der Waals surface area (Å²) in [6.07, 6.45) is 2.03. The Hall–Kier alpha value is -3.97. The third kappa shape index (κ3) is 5.26. The maximum Gasteiger partial charge on any atom is 0.267 e. The third-order valence-corrected chi connectivity index (χ3v) is 3.91. The SMILES string of the molecule is COc1ccc(CCN/C=C(/C#N)C(=O)Nc2ccccc2C#N)cc1OC. The predicted molar refractivity (Wildman–Crippen MR) is 105 cm³/mol. The highest BCUT2D eigenvalue weighted by Gasteiger charge is 2.11. The molecule has 0 aromatic heterocycles. The highest BCUT2D eigenvalue weighted by molar-refractivity contribution is 6.07. The fourth-order valence-electron chi connectivity index (χ4n) is 2.45. The monoisotopic (exact) mass is 376 g/mol. The van der Waals surface area contributed by atoms with Crippen LogP contribution >= 0.6 is 0 Å². The summed E-state index contributed by atoms with van der Waals surface area (Å²) < 4.78 is 10.5. The topological polar surface area (TPSA) is 107 Å². The van der Waals surface area contributed by atoms with Crippen LogP contribution in [-0.2, 0) is 11.2 Å². The fourth-order valence-corrected chi connectivity index (χ4v) is 2.45. The first kappa shape index (κ1) is 20.3. The van der Waals surface area contributed by atoms with Gasteiger partial charge in [0, 0.05) is 12.7 Å². The van der Waals surface area contributed by atoms with Gasteiger partial charge in [-0.05, 0) is 36.2 Å². The number of methoxy groups -OCH3 is 2. The molecule has 0 aliphatic heterocycles. The van der Waals surface area contributed by atoms with Crippen LogP contribution in [0.2, 0.25) is 0 Å². The number of amides is 1. The van der Waals surface area contributed by atoms with E-state index in [4.69, 9.17) is 14.7 Å². The van der Waals surface area contributed by atoms with Crippen molar-refractivity contribution in [2.75, 3.05) is 26.1 Å². The number of nitrogens with zero attached hydrogens (tertiary/aromatic N) is 2. The van der Waals surface area contributed by atoms with Crippen LogP contribution in [0.5, 0.6) is 11.5 Å². The summed E-state index contributed by atoms with van der Waals surface area (Å²) in [6, 6.07) is 16.1. The molecule has 1 amide bonds. The summed E-state index contributed by atoms with van der Waals surface area (Å²) in [5.74, 6) is 0.716. The fraction of sp³-hybridized carbons (Fsp3) is 0.190. The second-order valence-electron chi connectivity index (χ2n) is 5.67. The van der Waals surface area contributed by atoms with Gasteiger partial charge in [-0.2, -0.15) is 10.5 Å². The Kier molecular flexibility index (Phi) is 7.44. The molecule has 142 valence electrons. The zero-order valence-corrected chi connectivity index (χ0v) is 15.7. The summed E-state index contributed by atoms with van der Waals surface area (Å²) >= 11 is 0. The standard InChI is InChI=1S/C21H20N4O3/c1-27-19-8-7-15(11-20(19)28-2)9-10-24-14-17(13-23)21(26)25-18-6-4-3-5-16(18)12-22/h3-8,11,14,24H,9-10H2,1-2H3,(H,25,26)/b17-14-. The maximum absolute atomic E-state index is 12.2. The zero-order valence-electron chi connectivity index (χ0n) is 15.7. The van der Waals surface area contributed by atoms with Gasteiger partial charge >= 0.3 is 0 Å². The molecule has 28 heavy (non-hydrogen) atoms. The molecule has 2 aromatic carbocycles. The number of carbonyl (C=O) groups excluding carboxylic acids is 1. The van der Waals surface area contributed by atoms with E-state index in [9.17, 15) is 10.1 Å². The van der Waals surface area contributed by atoms with E-state index in [1.54, 1.807) is 38.5 Å². The van der Waals surface area contributed by atoms with Crippen LogP contribution in [0.25, 0.3) is 0 Å². The predicted octanol–water partition coefficient (Wildman–Crippen LogP) is 2.75. The van der Waals surface area contributed by atoms with Crippen LogP contribution in [0.1, 0.15) is 11.1 Å². The molecule has 0 bridgehead atoms. The second kappa shape index (κ2) is 10.2. The molecule has 0 fully saturated rings. The molecule has 7 heteroatoms. The molecule has 2 aromatic rings. The van der Waals surface area contributed by atoms with Crippen molar-refractivity contribution in [3.8, 4) is 23.6 Å². The van der Waals surface area contributed by atoms with Gasteiger partial charge in [-0.3, -0.25) is 4.79 Å². The van der Waals surface area contributed by atoms with Gasteiger partial charge in [-0.1, -0.05) is 18.2 Å². The van der Waals surface area contributed by atoms with Crippen LogP contribution in [0.4, 0.5) is 5.69 Å². The molecule has 0 saturated carbocycles. The number of nitriles is 2. The third-order valence-electron chi connectivity index (χ3n) is 3.91. The first-order valence-electron chi connectivity index (χ1n) is 8.48. The van der Waals surface area contributed by atoms with Crippen LogP contribution < -0.4 is 20.1 Å². The van der Waals surface area contributed by atoms with Gasteiger partial charge in [-0.25, -0.2) is 0 Å². The summed E-state index contributed by atoms with van der Waals surface area (Å²) in [4.78, 5) is 12.2. The molecule has 2 rings (SSSR count). The minimum absolute atomic E-state index is 0.0833. The summed E-state index contributed by atoms with van der Waals surface area (Å²) in [5.41, 5.74) is 1.63. The first-order chi connectivity index (χ1) is 13.6. The molecule has 0 aliphatic rings. The van der Waals surface area contributed by atoms with Crippen molar-refractivity contribution < 1.29 is 14.3 Å². The maximum atomic E-state index is 12.2. The Morgan fingerprint density at radius 3 is 2.54 bits per heavy atom. The lowest BCUT2D eigenvalue weighted by Crippen LogP contribution is -2.18. The first-order valence-corrected chi connectivity index (χ1v) is 8.48. The normalized spacial score (nSPS) is 10.4. The van der Waals surface area contributed by atoms with E-state index in [1.807, 2.05) is 30.3 Å². The van der Waals surface area contributed by atoms with Crippen LogP contribution in [0.15, 0.2) is 54.2 Å². The number of hydrogen-bond acceptors (Lipinski definition) is 6. The van der Waals surface area contributed by atoms with Gasteiger partial charge in [0.25, 0.3) is 5.91 Å². The van der Waals surface area contributed by atoms with E-state index in [1.165, 1.54) is 6.20 Å². The smallest absolute Gasteiger partial charge is 0.267 e. The van der Waals surface area contributed by atoms with Gasteiger partial charge in [0.1, 0.15) is 17.7 Å². The lowest BCUT2D eigenvalue weighted by Gasteiger charge is -2.10. The molecule has 0 radical (unpaired) electrons. The average Bonchev–Trinajstić information content (AvgIpc) is 2.73. The van der Waals surface area contributed by atoms with E-state index in [-0.39, 0.29) is 5.57 Å². The number of rotatable bonds is 8. The molecule has 0 heterocycles. The van der Waals surface area contributed by atoms with Gasteiger partial charge in [0.15, 0.2) is 11.5 Å². The molecule has 2 N–H and O–H groups in total. The van der Waals surface area contributed by atoms with Crippen molar-refractivity contribution in [2.45, 2.75) is 6.42 Å². The number of nitrogens with one attached hydrogen (secondary N) is 2. The second-order valence-corrected chi connectivity index (χ2v) is 5.67. The molecule has 0 saturated heterocycles. The van der Waals surface area contributed by atoms with Crippen molar-refractivity contribution in [3.05, 3.63) is 65.4 Å². The van der Waals surface area contributed by atoms with E-state index < -0.39 is 5.91 Å². The summed E-state index contributed by atoms with van der Waals surface area (Å²) in [7, 11) is 3.15. The zero-order chi connectivity index (χ0) is 20.4. The number of para-hydroxylation sites is 1. The largest absolute Gasteiger partial charge is 0.493 e. The lowest BCUT2D eigenvalue weighted by molar-refractivity contribution is -0.112. The molecule has 0 unspecified atom stereocenters. The summed E-state index contributed by atoms with van der Waals surface area (Å²) in [6.45, 7) is 0.517. The highest BCUT2D eigenvalue weighted by atomic mass is 16.5. The molecule has 0 spiro atoms. The Labute approximate surface area is 163 Å². The van der Waals surface area contributed by atoms with Gasteiger partial charge < -0.3 is 20.1 Å². The Morgan fingerprint density at radius 2 is 1.86 bits per heavy atom. The molecular weight excluding hydrogens is 356 g/mol. The Balaban J connectivity index is 1.95. The van der Waals surface area contributed by atoms with Crippen LogP contribution in [0.3, 0.4) is 0 Å². The minimum Gasteiger partial charge on any atom is -0.493 e. The molecule has 7 nitrogen and oxygen atoms in total. The number of ether oxygens (including phenoxy) is 2. The van der Waals surface area contributed by atoms with Crippen molar-refractivity contribution in [3.63, 3.8) is 0 Å². The molecule has 0 aliphatic carbocycles. The van der Waals surface area contributed by atoms with E-state index in [0.29, 0.717) is 35.7 Å². The highest BCUT2D eigenvalue weighted by Crippen LogP contribution is 2.27. The van der Waals surface area contributed by atoms with Gasteiger partial charge in [-0.15, -0.1) is 0 Å². The van der Waals surface area contributed by atoms with E-state index in [0.717, 1.165) is 5.56 Å². The van der Waals surface area contributed by atoms with Crippen molar-refractivity contribution in [1.29, 1.82) is 10.5 Å². The van der Waals surface area contributed by atoms with Crippen molar-refractivity contribution >= 4 is 11.6 Å².